The van der Waals surface area contributed by atoms with E-state index in [0.717, 1.165) is 10.3 Å². The first-order chi connectivity index (χ1) is 3.81. The summed E-state index contributed by atoms with van der Waals surface area (Å²) in [6.45, 7) is 4.90. The van der Waals surface area contributed by atoms with Gasteiger partial charge in [-0.15, -0.1) is 0 Å². The first-order valence-corrected chi connectivity index (χ1v) is 3.71. The minimum absolute atomic E-state index is 0.878. The standard InChI is InChI=1S/C6H10IN/c1-3-5-6(7)8-4-2/h3,5H,4H2,1-2H3/b5-3-,8-6+. The molecule has 0 aromatic heterocycles. The van der Waals surface area contributed by atoms with Crippen molar-refractivity contribution in [2.24, 2.45) is 4.99 Å². The summed E-state index contributed by atoms with van der Waals surface area (Å²) in [5.74, 6) is 0. The Morgan fingerprint density at radius 3 is 2.75 bits per heavy atom. The molecule has 0 aliphatic heterocycles. The molecule has 0 aliphatic carbocycles. The first-order valence-electron chi connectivity index (χ1n) is 2.64. The molecule has 0 unspecified atom stereocenters. The lowest BCUT2D eigenvalue weighted by Crippen LogP contribution is -1.78. The summed E-state index contributed by atoms with van der Waals surface area (Å²) >= 11 is 2.20. The van der Waals surface area contributed by atoms with E-state index in [-0.39, 0.29) is 0 Å². The van der Waals surface area contributed by atoms with E-state index in [0.29, 0.717) is 0 Å². The quantitative estimate of drug-likeness (QED) is 0.503. The van der Waals surface area contributed by atoms with Crippen molar-refractivity contribution >= 4 is 26.3 Å². The van der Waals surface area contributed by atoms with Crippen molar-refractivity contribution in [1.82, 2.24) is 0 Å². The van der Waals surface area contributed by atoms with Crippen molar-refractivity contribution in [3.8, 4) is 0 Å². The van der Waals surface area contributed by atoms with Gasteiger partial charge in [0.25, 0.3) is 0 Å². The van der Waals surface area contributed by atoms with Crippen molar-refractivity contribution in [2.75, 3.05) is 6.54 Å². The predicted molar refractivity (Wildman–Crippen MR) is 46.8 cm³/mol. The van der Waals surface area contributed by atoms with Gasteiger partial charge >= 0.3 is 0 Å². The van der Waals surface area contributed by atoms with E-state index < -0.39 is 0 Å². The van der Waals surface area contributed by atoms with Gasteiger partial charge in [0.1, 0.15) is 0 Å². The molecule has 0 aromatic carbocycles. The highest BCUT2D eigenvalue weighted by Crippen LogP contribution is 1.91. The van der Waals surface area contributed by atoms with E-state index in [1.807, 2.05) is 26.0 Å². The van der Waals surface area contributed by atoms with Crippen LogP contribution in [0.2, 0.25) is 0 Å². The van der Waals surface area contributed by atoms with Crippen LogP contribution in [-0.4, -0.2) is 10.3 Å². The van der Waals surface area contributed by atoms with Crippen LogP contribution in [0.3, 0.4) is 0 Å². The van der Waals surface area contributed by atoms with Gasteiger partial charge in [-0.3, -0.25) is 4.99 Å². The van der Waals surface area contributed by atoms with Gasteiger partial charge in [0.15, 0.2) is 0 Å². The second kappa shape index (κ2) is 5.28. The molecule has 0 fully saturated rings. The van der Waals surface area contributed by atoms with Gasteiger partial charge in [-0.25, -0.2) is 0 Å². The third-order valence-electron chi connectivity index (χ3n) is 0.613. The molecule has 0 amide bonds. The minimum atomic E-state index is 0.878. The number of nitrogens with zero attached hydrogens (tertiary/aromatic N) is 1. The molecule has 46 valence electrons. The number of hydrogen-bond acceptors (Lipinski definition) is 1. The van der Waals surface area contributed by atoms with Crippen LogP contribution in [-0.2, 0) is 0 Å². The Hall–Kier alpha value is 0.140. The highest BCUT2D eigenvalue weighted by atomic mass is 127. The molecule has 8 heavy (non-hydrogen) atoms. The summed E-state index contributed by atoms with van der Waals surface area (Å²) in [5, 5.41) is 0. The van der Waals surface area contributed by atoms with Crippen LogP contribution in [0.4, 0.5) is 0 Å². The van der Waals surface area contributed by atoms with Crippen LogP contribution in [0.25, 0.3) is 0 Å². The predicted octanol–water partition coefficient (Wildman–Crippen LogP) is 2.42. The van der Waals surface area contributed by atoms with E-state index in [1.165, 1.54) is 0 Å². The number of rotatable bonds is 2. The maximum Gasteiger partial charge on any atom is 0.0950 e. The molecule has 0 saturated heterocycles. The van der Waals surface area contributed by atoms with Crippen LogP contribution >= 0.6 is 22.6 Å². The fourth-order valence-electron chi connectivity index (χ4n) is 0.341. The lowest BCUT2D eigenvalue weighted by molar-refractivity contribution is 1.14. The van der Waals surface area contributed by atoms with Crippen LogP contribution in [0.15, 0.2) is 17.1 Å². The van der Waals surface area contributed by atoms with Crippen molar-refractivity contribution in [2.45, 2.75) is 13.8 Å². The molecule has 1 nitrogen and oxygen atoms in total. The molecule has 0 aromatic rings. The summed E-state index contributed by atoms with van der Waals surface area (Å²) in [6.07, 6.45) is 3.98. The highest BCUT2D eigenvalue weighted by Gasteiger charge is 1.77. The van der Waals surface area contributed by atoms with Crippen molar-refractivity contribution < 1.29 is 0 Å². The van der Waals surface area contributed by atoms with Gasteiger partial charge in [-0.2, -0.15) is 0 Å². The molecule has 0 aliphatic rings. The average Bonchev–Trinajstić information content (AvgIpc) is 1.68. The summed E-state index contributed by atoms with van der Waals surface area (Å²) in [4.78, 5) is 4.13. The van der Waals surface area contributed by atoms with E-state index in [9.17, 15) is 0 Å². The van der Waals surface area contributed by atoms with Gasteiger partial charge in [0, 0.05) is 6.54 Å². The van der Waals surface area contributed by atoms with Gasteiger partial charge in [-0.1, -0.05) is 6.08 Å². The number of allylic oxidation sites excluding steroid dienone is 2. The zero-order valence-corrected chi connectivity index (χ0v) is 7.34. The Labute approximate surface area is 64.0 Å². The Morgan fingerprint density at radius 1 is 1.75 bits per heavy atom. The normalized spacial score (nSPS) is 13.1. The second-order valence-electron chi connectivity index (χ2n) is 1.30. The molecule has 0 N–H and O–H groups in total. The first kappa shape index (κ1) is 8.14. The molecule has 2 heteroatoms. The van der Waals surface area contributed by atoms with Crippen molar-refractivity contribution in [3.63, 3.8) is 0 Å². The largest absolute Gasteiger partial charge is 0.279 e. The van der Waals surface area contributed by atoms with Crippen LogP contribution in [0.5, 0.6) is 0 Å². The summed E-state index contributed by atoms with van der Waals surface area (Å²) in [6, 6.07) is 0. The molecule has 0 heterocycles. The van der Waals surface area contributed by atoms with Crippen molar-refractivity contribution in [1.29, 1.82) is 0 Å². The molecule has 0 radical (unpaired) electrons. The zero-order chi connectivity index (χ0) is 6.41. The molecule has 0 spiro atoms. The molecular weight excluding hydrogens is 213 g/mol. The van der Waals surface area contributed by atoms with Crippen LogP contribution < -0.4 is 0 Å². The fourth-order valence-corrected chi connectivity index (χ4v) is 1.04. The number of aliphatic imine (C=N–C) groups is 1. The lowest BCUT2D eigenvalue weighted by Gasteiger charge is -1.83. The Morgan fingerprint density at radius 2 is 2.38 bits per heavy atom. The fraction of sp³-hybridized carbons (Fsp3) is 0.500. The molecule has 0 saturated carbocycles. The Bertz CT molecular complexity index is 105. The topological polar surface area (TPSA) is 12.4 Å². The van der Waals surface area contributed by atoms with Gasteiger partial charge in [0.2, 0.25) is 0 Å². The maximum absolute atomic E-state index is 4.13. The maximum atomic E-state index is 4.13. The third-order valence-corrected chi connectivity index (χ3v) is 1.31. The van der Waals surface area contributed by atoms with E-state index in [4.69, 9.17) is 0 Å². The van der Waals surface area contributed by atoms with Crippen LogP contribution in [0.1, 0.15) is 13.8 Å². The zero-order valence-electron chi connectivity index (χ0n) is 5.19. The Kier molecular flexibility index (Phi) is 5.37. The van der Waals surface area contributed by atoms with Crippen LogP contribution in [0, 0.1) is 0 Å². The number of halogens is 1. The van der Waals surface area contributed by atoms with E-state index in [2.05, 4.69) is 27.6 Å². The van der Waals surface area contributed by atoms with E-state index >= 15 is 0 Å². The summed E-state index contributed by atoms with van der Waals surface area (Å²) in [5.41, 5.74) is 0. The van der Waals surface area contributed by atoms with E-state index in [1.54, 1.807) is 0 Å². The summed E-state index contributed by atoms with van der Waals surface area (Å²) in [7, 11) is 0. The smallest absolute Gasteiger partial charge is 0.0950 e. The molecule has 0 rings (SSSR count). The molecule has 0 bridgehead atoms. The third kappa shape index (κ3) is 4.30. The minimum Gasteiger partial charge on any atom is -0.279 e. The monoisotopic (exact) mass is 223 g/mol. The highest BCUT2D eigenvalue weighted by molar-refractivity contribution is 14.1. The van der Waals surface area contributed by atoms with Gasteiger partial charge in [-0.05, 0) is 42.5 Å². The Balaban J connectivity index is 3.61. The molecule has 0 atom stereocenters. The average molecular weight is 223 g/mol. The SMILES string of the molecule is C/C=C\C(I)=N/CC. The molecular formula is C6H10IN. The lowest BCUT2D eigenvalue weighted by atomic mass is 10.6. The summed E-state index contributed by atoms with van der Waals surface area (Å²) < 4.78 is 1.08. The van der Waals surface area contributed by atoms with Gasteiger partial charge in [0.05, 0.1) is 3.72 Å². The van der Waals surface area contributed by atoms with Gasteiger partial charge < -0.3 is 0 Å². The second-order valence-corrected chi connectivity index (χ2v) is 2.40. The van der Waals surface area contributed by atoms with Crippen molar-refractivity contribution in [3.05, 3.63) is 12.2 Å². The number of hydrogen-bond donors (Lipinski definition) is 0.